The van der Waals surface area contributed by atoms with Crippen LogP contribution in [0.4, 0.5) is 17.1 Å². The smallest absolute Gasteiger partial charge is 0.137 e. The van der Waals surface area contributed by atoms with Crippen molar-refractivity contribution in [2.45, 2.75) is 0 Å². The van der Waals surface area contributed by atoms with E-state index in [0.717, 1.165) is 39.0 Å². The van der Waals surface area contributed by atoms with Crippen LogP contribution in [0.1, 0.15) is 0 Å². The van der Waals surface area contributed by atoms with Crippen molar-refractivity contribution in [2.24, 2.45) is 0 Å². The molecule has 0 saturated heterocycles. The molecule has 0 bridgehead atoms. The Labute approximate surface area is 322 Å². The molecule has 3 heteroatoms. The summed E-state index contributed by atoms with van der Waals surface area (Å²) in [6, 6.07) is 72.2. The van der Waals surface area contributed by atoms with Gasteiger partial charge in [-0.3, -0.25) is 0 Å². The third-order valence-electron chi connectivity index (χ3n) is 10.9. The third kappa shape index (κ3) is 5.48. The lowest BCUT2D eigenvalue weighted by Gasteiger charge is -2.26. The number of furan rings is 1. The first-order valence-electron chi connectivity index (χ1n) is 18.7. The lowest BCUT2D eigenvalue weighted by molar-refractivity contribution is 0.669. The summed E-state index contributed by atoms with van der Waals surface area (Å²) in [6.07, 6.45) is 0. The van der Waals surface area contributed by atoms with Crippen LogP contribution in [0.25, 0.3) is 86.3 Å². The number of anilines is 3. The van der Waals surface area contributed by atoms with Crippen molar-refractivity contribution in [3.63, 3.8) is 0 Å². The van der Waals surface area contributed by atoms with E-state index in [4.69, 9.17) is 4.42 Å². The Balaban J connectivity index is 0.984. The second-order valence-corrected chi connectivity index (χ2v) is 15.2. The molecule has 2 aromatic heterocycles. The van der Waals surface area contributed by atoms with Crippen molar-refractivity contribution in [3.8, 4) is 33.4 Å². The van der Waals surface area contributed by atoms with Crippen LogP contribution in [0, 0.1) is 0 Å². The molecule has 0 amide bonds. The van der Waals surface area contributed by atoms with Crippen LogP contribution in [-0.2, 0) is 0 Å². The summed E-state index contributed by atoms with van der Waals surface area (Å²) in [4.78, 5) is 2.32. The number of para-hydroxylation sites is 1. The highest BCUT2D eigenvalue weighted by atomic mass is 32.1. The van der Waals surface area contributed by atoms with Gasteiger partial charge in [-0.25, -0.2) is 0 Å². The minimum Gasteiger partial charge on any atom is -0.456 e. The van der Waals surface area contributed by atoms with E-state index in [1.807, 2.05) is 23.5 Å². The average Bonchev–Trinajstić information content (AvgIpc) is 3.82. The third-order valence-corrected chi connectivity index (χ3v) is 12.0. The van der Waals surface area contributed by atoms with Gasteiger partial charge < -0.3 is 9.32 Å². The van der Waals surface area contributed by atoms with Crippen molar-refractivity contribution >= 4 is 81.3 Å². The molecule has 9 aromatic carbocycles. The van der Waals surface area contributed by atoms with Crippen molar-refractivity contribution in [1.82, 2.24) is 0 Å². The largest absolute Gasteiger partial charge is 0.456 e. The van der Waals surface area contributed by atoms with Gasteiger partial charge >= 0.3 is 0 Å². The zero-order valence-electron chi connectivity index (χ0n) is 29.8. The molecule has 11 aromatic rings. The molecule has 0 fully saturated rings. The van der Waals surface area contributed by atoms with E-state index >= 15 is 0 Å². The van der Waals surface area contributed by atoms with E-state index in [2.05, 4.69) is 193 Å². The van der Waals surface area contributed by atoms with Crippen LogP contribution in [0.3, 0.4) is 0 Å². The van der Waals surface area contributed by atoms with Crippen LogP contribution in [0.5, 0.6) is 0 Å². The first-order chi connectivity index (χ1) is 27.2. The summed E-state index contributed by atoms with van der Waals surface area (Å²) in [7, 11) is 0. The molecule has 0 aliphatic rings. The average molecular weight is 720 g/mol. The maximum absolute atomic E-state index is 6.38. The number of nitrogens with zero attached hydrogens (tertiary/aromatic N) is 1. The highest BCUT2D eigenvalue weighted by Gasteiger charge is 2.17. The highest BCUT2D eigenvalue weighted by Crippen LogP contribution is 2.41. The van der Waals surface area contributed by atoms with Crippen LogP contribution in [0.15, 0.2) is 205 Å². The minimum absolute atomic E-state index is 0.874. The standard InChI is InChI=1S/C52H33NOS/c1-2-13-43-36(9-1)10-8-16-44(43)39-12-7-11-37(31-39)34-19-24-40(25-20-34)53(42-28-29-46-45-14-3-5-17-49(45)54-50(46)33-42)41-26-21-35(22-27-41)38-23-30-52-48(32-38)47-15-4-6-18-51(47)55-52/h1-33H. The van der Waals surface area contributed by atoms with Gasteiger partial charge in [0.25, 0.3) is 0 Å². The van der Waals surface area contributed by atoms with Gasteiger partial charge in [-0.15, -0.1) is 11.3 Å². The summed E-state index contributed by atoms with van der Waals surface area (Å²) in [5.41, 5.74) is 12.2. The normalized spacial score (nSPS) is 11.6. The van der Waals surface area contributed by atoms with Crippen LogP contribution < -0.4 is 4.90 Å². The monoisotopic (exact) mass is 719 g/mol. The first kappa shape index (κ1) is 31.6. The molecular formula is C52H33NOS. The number of fused-ring (bicyclic) bond motifs is 7. The summed E-state index contributed by atoms with van der Waals surface area (Å²) in [5.74, 6) is 0. The van der Waals surface area contributed by atoms with Gasteiger partial charge in [-0.2, -0.15) is 0 Å². The molecule has 0 N–H and O–H groups in total. The highest BCUT2D eigenvalue weighted by molar-refractivity contribution is 7.25. The fraction of sp³-hybridized carbons (Fsp3) is 0. The molecule has 0 unspecified atom stereocenters. The zero-order valence-corrected chi connectivity index (χ0v) is 30.6. The summed E-state index contributed by atoms with van der Waals surface area (Å²) >= 11 is 1.85. The quantitative estimate of drug-likeness (QED) is 0.170. The van der Waals surface area contributed by atoms with E-state index < -0.39 is 0 Å². The minimum atomic E-state index is 0.874. The number of hydrogen-bond donors (Lipinski definition) is 0. The lowest BCUT2D eigenvalue weighted by Crippen LogP contribution is -2.09. The predicted molar refractivity (Wildman–Crippen MR) is 235 cm³/mol. The molecule has 0 saturated carbocycles. The van der Waals surface area contributed by atoms with E-state index in [9.17, 15) is 0 Å². The molecule has 0 spiro atoms. The topological polar surface area (TPSA) is 16.4 Å². The van der Waals surface area contributed by atoms with E-state index in [-0.39, 0.29) is 0 Å². The van der Waals surface area contributed by atoms with Gasteiger partial charge in [0.15, 0.2) is 0 Å². The Morgan fingerprint density at radius 3 is 1.73 bits per heavy atom. The van der Waals surface area contributed by atoms with Gasteiger partial charge in [-0.1, -0.05) is 127 Å². The molecule has 258 valence electrons. The Morgan fingerprint density at radius 1 is 0.327 bits per heavy atom. The number of benzene rings is 9. The van der Waals surface area contributed by atoms with Crippen molar-refractivity contribution in [2.75, 3.05) is 4.90 Å². The van der Waals surface area contributed by atoms with E-state index in [1.54, 1.807) is 0 Å². The molecule has 0 aliphatic carbocycles. The second kappa shape index (κ2) is 12.9. The van der Waals surface area contributed by atoms with Crippen LogP contribution in [0.2, 0.25) is 0 Å². The molecule has 11 rings (SSSR count). The van der Waals surface area contributed by atoms with E-state index in [1.165, 1.54) is 64.3 Å². The summed E-state index contributed by atoms with van der Waals surface area (Å²) in [5, 5.41) is 7.39. The molecular weight excluding hydrogens is 687 g/mol. The maximum atomic E-state index is 6.38. The fourth-order valence-corrected chi connectivity index (χ4v) is 9.24. The molecule has 0 atom stereocenters. The fourth-order valence-electron chi connectivity index (χ4n) is 8.16. The molecule has 0 radical (unpaired) electrons. The zero-order chi connectivity index (χ0) is 36.3. The molecule has 55 heavy (non-hydrogen) atoms. The van der Waals surface area contributed by atoms with Gasteiger partial charge in [-0.05, 0) is 111 Å². The van der Waals surface area contributed by atoms with Gasteiger partial charge in [0, 0.05) is 54.1 Å². The predicted octanol–water partition coefficient (Wildman–Crippen LogP) is 15.6. The van der Waals surface area contributed by atoms with Gasteiger partial charge in [0.1, 0.15) is 11.2 Å². The number of rotatable bonds is 6. The maximum Gasteiger partial charge on any atom is 0.137 e. The van der Waals surface area contributed by atoms with Crippen molar-refractivity contribution in [3.05, 3.63) is 200 Å². The number of hydrogen-bond acceptors (Lipinski definition) is 3. The summed E-state index contributed by atoms with van der Waals surface area (Å²) in [6.45, 7) is 0. The summed E-state index contributed by atoms with van der Waals surface area (Å²) < 4.78 is 9.02. The second-order valence-electron chi connectivity index (χ2n) is 14.1. The SMILES string of the molecule is c1cc(-c2ccc(N(c3ccc(-c4ccc5sc6ccccc6c5c4)cc3)c3ccc4c(c3)oc3ccccc34)cc2)cc(-c2cccc3ccccc23)c1. The Bertz CT molecular complexity index is 3200. The molecule has 2 nitrogen and oxygen atoms in total. The van der Waals surface area contributed by atoms with Gasteiger partial charge in [0.05, 0.1) is 0 Å². The Hall–Kier alpha value is -6.94. The van der Waals surface area contributed by atoms with Gasteiger partial charge in [0.2, 0.25) is 0 Å². The van der Waals surface area contributed by atoms with Crippen LogP contribution in [-0.4, -0.2) is 0 Å². The Morgan fingerprint density at radius 2 is 0.909 bits per heavy atom. The van der Waals surface area contributed by atoms with E-state index in [0.29, 0.717) is 0 Å². The van der Waals surface area contributed by atoms with Crippen molar-refractivity contribution < 1.29 is 4.42 Å². The Kier molecular flexibility index (Phi) is 7.39. The lowest BCUT2D eigenvalue weighted by atomic mass is 9.95. The molecule has 0 aliphatic heterocycles. The molecule has 2 heterocycles. The van der Waals surface area contributed by atoms with Crippen LogP contribution >= 0.6 is 11.3 Å². The first-order valence-corrected chi connectivity index (χ1v) is 19.5. The number of thiophene rings is 1. The van der Waals surface area contributed by atoms with Crippen molar-refractivity contribution in [1.29, 1.82) is 0 Å².